The maximum Gasteiger partial charge on any atom is 0.0540 e. The smallest absolute Gasteiger partial charge is 0.0540 e. The second-order valence-corrected chi connectivity index (χ2v) is 6.83. The summed E-state index contributed by atoms with van der Waals surface area (Å²) in [6, 6.07) is 0. The third-order valence-corrected chi connectivity index (χ3v) is 4.53. The summed E-state index contributed by atoms with van der Waals surface area (Å²) in [6.07, 6.45) is 22.3. The third-order valence-electron chi connectivity index (χ3n) is 4.53. The summed E-state index contributed by atoms with van der Waals surface area (Å²) >= 11 is 0. The standard InChI is InChI=1S/C20H42O/c1-3-5-7-9-11-12-13-15-17-19-20(21)18-16-14-10-8-6-4-2/h20-21H,3-19H2,1-2H3. The molecule has 1 nitrogen and oxygen atoms in total. The van der Waals surface area contributed by atoms with Gasteiger partial charge in [-0.15, -0.1) is 0 Å². The Balaban J connectivity index is 3.10. The normalized spacial score (nSPS) is 12.7. The van der Waals surface area contributed by atoms with E-state index in [2.05, 4.69) is 13.8 Å². The lowest BCUT2D eigenvalue weighted by atomic mass is 10.0. The first-order valence-electron chi connectivity index (χ1n) is 9.99. The fourth-order valence-electron chi connectivity index (χ4n) is 3.00. The summed E-state index contributed by atoms with van der Waals surface area (Å²) < 4.78 is 0. The highest BCUT2D eigenvalue weighted by atomic mass is 16.3. The molecular weight excluding hydrogens is 256 g/mol. The van der Waals surface area contributed by atoms with Crippen LogP contribution in [0.5, 0.6) is 0 Å². The summed E-state index contributed by atoms with van der Waals surface area (Å²) in [6.45, 7) is 4.53. The van der Waals surface area contributed by atoms with E-state index >= 15 is 0 Å². The average Bonchev–Trinajstić information content (AvgIpc) is 2.49. The molecule has 1 atom stereocenters. The number of aliphatic hydroxyl groups is 1. The van der Waals surface area contributed by atoms with Crippen LogP contribution in [0, 0.1) is 0 Å². The lowest BCUT2D eigenvalue weighted by molar-refractivity contribution is 0.147. The molecule has 0 saturated carbocycles. The molecule has 1 N–H and O–H groups in total. The number of hydrogen-bond donors (Lipinski definition) is 1. The van der Waals surface area contributed by atoms with E-state index in [4.69, 9.17) is 0 Å². The Labute approximate surface area is 134 Å². The van der Waals surface area contributed by atoms with Gasteiger partial charge < -0.3 is 5.11 Å². The topological polar surface area (TPSA) is 20.2 Å². The maximum atomic E-state index is 9.95. The van der Waals surface area contributed by atoms with Crippen LogP contribution in [0.25, 0.3) is 0 Å². The van der Waals surface area contributed by atoms with Crippen molar-refractivity contribution in [3.05, 3.63) is 0 Å². The van der Waals surface area contributed by atoms with E-state index in [-0.39, 0.29) is 6.10 Å². The lowest BCUT2D eigenvalue weighted by Gasteiger charge is -2.10. The van der Waals surface area contributed by atoms with Gasteiger partial charge in [-0.2, -0.15) is 0 Å². The van der Waals surface area contributed by atoms with Crippen LogP contribution < -0.4 is 0 Å². The summed E-state index contributed by atoms with van der Waals surface area (Å²) in [5.74, 6) is 0. The van der Waals surface area contributed by atoms with Gasteiger partial charge in [0.1, 0.15) is 0 Å². The predicted octanol–water partition coefficient (Wildman–Crippen LogP) is 7.02. The van der Waals surface area contributed by atoms with Gasteiger partial charge in [0.2, 0.25) is 0 Å². The molecule has 0 fully saturated rings. The van der Waals surface area contributed by atoms with E-state index in [0.29, 0.717) is 0 Å². The molecule has 0 aromatic rings. The van der Waals surface area contributed by atoms with Gasteiger partial charge >= 0.3 is 0 Å². The number of aliphatic hydroxyl groups excluding tert-OH is 1. The second kappa shape index (κ2) is 18.0. The molecule has 0 aliphatic rings. The van der Waals surface area contributed by atoms with Crippen molar-refractivity contribution in [2.45, 2.75) is 129 Å². The minimum atomic E-state index is -0.0271. The van der Waals surface area contributed by atoms with E-state index in [1.807, 2.05) is 0 Å². The van der Waals surface area contributed by atoms with Crippen molar-refractivity contribution in [3.63, 3.8) is 0 Å². The van der Waals surface area contributed by atoms with Crippen molar-refractivity contribution < 1.29 is 5.11 Å². The molecule has 0 amide bonds. The zero-order valence-corrected chi connectivity index (χ0v) is 15.0. The van der Waals surface area contributed by atoms with Gasteiger partial charge in [-0.1, -0.05) is 110 Å². The minimum Gasteiger partial charge on any atom is -0.393 e. The quantitative estimate of drug-likeness (QED) is 0.286. The van der Waals surface area contributed by atoms with Gasteiger partial charge in [-0.05, 0) is 12.8 Å². The van der Waals surface area contributed by atoms with Crippen LogP contribution in [0.3, 0.4) is 0 Å². The van der Waals surface area contributed by atoms with Crippen molar-refractivity contribution in [1.82, 2.24) is 0 Å². The second-order valence-electron chi connectivity index (χ2n) is 6.83. The number of rotatable bonds is 17. The first kappa shape index (κ1) is 21.0. The molecule has 0 aromatic carbocycles. The Morgan fingerprint density at radius 3 is 1.10 bits per heavy atom. The maximum absolute atomic E-state index is 9.95. The van der Waals surface area contributed by atoms with E-state index in [0.717, 1.165) is 12.8 Å². The van der Waals surface area contributed by atoms with Crippen molar-refractivity contribution in [1.29, 1.82) is 0 Å². The van der Waals surface area contributed by atoms with Crippen LogP contribution in [0.15, 0.2) is 0 Å². The highest BCUT2D eigenvalue weighted by Crippen LogP contribution is 2.14. The highest BCUT2D eigenvalue weighted by molar-refractivity contribution is 4.57. The molecular formula is C20H42O. The molecule has 128 valence electrons. The lowest BCUT2D eigenvalue weighted by Crippen LogP contribution is -2.05. The molecule has 0 aliphatic heterocycles. The van der Waals surface area contributed by atoms with Crippen LogP contribution in [0.4, 0.5) is 0 Å². The van der Waals surface area contributed by atoms with Crippen molar-refractivity contribution >= 4 is 0 Å². The Hall–Kier alpha value is -0.0400. The zero-order chi connectivity index (χ0) is 15.6. The molecule has 1 unspecified atom stereocenters. The molecule has 0 heterocycles. The van der Waals surface area contributed by atoms with Crippen molar-refractivity contribution in [3.8, 4) is 0 Å². The van der Waals surface area contributed by atoms with Gasteiger partial charge in [-0.3, -0.25) is 0 Å². The first-order chi connectivity index (χ1) is 10.3. The van der Waals surface area contributed by atoms with E-state index in [9.17, 15) is 5.11 Å². The molecule has 0 radical (unpaired) electrons. The molecule has 0 aliphatic carbocycles. The molecule has 0 aromatic heterocycles. The van der Waals surface area contributed by atoms with Crippen LogP contribution in [0.2, 0.25) is 0 Å². The third kappa shape index (κ3) is 17.9. The number of unbranched alkanes of at least 4 members (excludes halogenated alkanes) is 13. The summed E-state index contributed by atoms with van der Waals surface area (Å²) in [5, 5.41) is 9.95. The van der Waals surface area contributed by atoms with Gasteiger partial charge in [0.05, 0.1) is 6.10 Å². The SMILES string of the molecule is CCCCCCCCCCCC(O)CCCCCCCC. The van der Waals surface area contributed by atoms with Gasteiger partial charge in [0.25, 0.3) is 0 Å². The summed E-state index contributed by atoms with van der Waals surface area (Å²) in [7, 11) is 0. The average molecular weight is 299 g/mol. The molecule has 0 rings (SSSR count). The Kier molecular flexibility index (Phi) is 18.0. The fourth-order valence-corrected chi connectivity index (χ4v) is 3.00. The molecule has 0 bridgehead atoms. The molecule has 21 heavy (non-hydrogen) atoms. The Morgan fingerprint density at radius 1 is 0.476 bits per heavy atom. The summed E-state index contributed by atoms with van der Waals surface area (Å²) in [4.78, 5) is 0. The van der Waals surface area contributed by atoms with Crippen LogP contribution in [-0.2, 0) is 0 Å². The van der Waals surface area contributed by atoms with E-state index in [1.165, 1.54) is 96.3 Å². The molecule has 0 spiro atoms. The highest BCUT2D eigenvalue weighted by Gasteiger charge is 2.03. The molecule has 1 heteroatoms. The van der Waals surface area contributed by atoms with Gasteiger partial charge in [0, 0.05) is 0 Å². The van der Waals surface area contributed by atoms with Crippen molar-refractivity contribution in [2.75, 3.05) is 0 Å². The monoisotopic (exact) mass is 298 g/mol. The van der Waals surface area contributed by atoms with Crippen molar-refractivity contribution in [2.24, 2.45) is 0 Å². The van der Waals surface area contributed by atoms with Gasteiger partial charge in [0.15, 0.2) is 0 Å². The first-order valence-corrected chi connectivity index (χ1v) is 9.99. The zero-order valence-electron chi connectivity index (χ0n) is 15.0. The largest absolute Gasteiger partial charge is 0.393 e. The van der Waals surface area contributed by atoms with Crippen LogP contribution >= 0.6 is 0 Å². The number of hydrogen-bond acceptors (Lipinski definition) is 1. The fraction of sp³-hybridized carbons (Fsp3) is 1.00. The van der Waals surface area contributed by atoms with Gasteiger partial charge in [-0.25, -0.2) is 0 Å². The van der Waals surface area contributed by atoms with Crippen LogP contribution in [0.1, 0.15) is 123 Å². The molecule has 0 saturated heterocycles. The Bertz CT molecular complexity index is 179. The van der Waals surface area contributed by atoms with E-state index in [1.54, 1.807) is 0 Å². The van der Waals surface area contributed by atoms with E-state index < -0.39 is 0 Å². The summed E-state index contributed by atoms with van der Waals surface area (Å²) in [5.41, 5.74) is 0. The minimum absolute atomic E-state index is 0.0271. The Morgan fingerprint density at radius 2 is 0.762 bits per heavy atom. The predicted molar refractivity (Wildman–Crippen MR) is 95.8 cm³/mol. The van der Waals surface area contributed by atoms with Crippen LogP contribution in [-0.4, -0.2) is 11.2 Å².